The second-order valence-corrected chi connectivity index (χ2v) is 5.55. The van der Waals surface area contributed by atoms with Gasteiger partial charge in [-0.3, -0.25) is 10.8 Å². The third-order valence-electron chi connectivity index (χ3n) is 3.42. The van der Waals surface area contributed by atoms with Crippen molar-refractivity contribution >= 4 is 26.8 Å². The number of nitrogens with zero attached hydrogens (tertiary/aromatic N) is 1. The molecule has 5 heteroatoms. The van der Waals surface area contributed by atoms with Crippen LogP contribution in [0.2, 0.25) is 0 Å². The molecule has 0 amide bonds. The molecule has 0 spiro atoms. The maximum atomic E-state index is 14.3. The van der Waals surface area contributed by atoms with E-state index in [9.17, 15) is 4.39 Å². The van der Waals surface area contributed by atoms with Crippen molar-refractivity contribution in [3.8, 4) is 0 Å². The van der Waals surface area contributed by atoms with Crippen LogP contribution < -0.4 is 11.3 Å². The maximum absolute atomic E-state index is 14.3. The van der Waals surface area contributed by atoms with Crippen LogP contribution in [0.15, 0.2) is 59.2 Å². The number of nitrogens with two attached hydrogens (primary N) is 1. The number of aromatic nitrogens is 1. The highest BCUT2D eigenvalue weighted by atomic mass is 79.9. The number of hydrogen-bond acceptors (Lipinski definition) is 3. The molecule has 21 heavy (non-hydrogen) atoms. The number of rotatable bonds is 3. The van der Waals surface area contributed by atoms with Gasteiger partial charge in [0, 0.05) is 17.1 Å². The van der Waals surface area contributed by atoms with Crippen LogP contribution in [-0.2, 0) is 0 Å². The highest BCUT2D eigenvalue weighted by Crippen LogP contribution is 2.29. The fourth-order valence-electron chi connectivity index (χ4n) is 2.38. The molecule has 3 aromatic rings. The lowest BCUT2D eigenvalue weighted by Gasteiger charge is -2.18. The van der Waals surface area contributed by atoms with E-state index in [1.165, 1.54) is 0 Å². The molecule has 1 atom stereocenters. The average molecular weight is 346 g/mol. The second-order valence-electron chi connectivity index (χ2n) is 4.70. The van der Waals surface area contributed by atoms with Gasteiger partial charge in [0.25, 0.3) is 0 Å². The molecule has 3 nitrogen and oxygen atoms in total. The number of fused-ring (bicyclic) bond motifs is 1. The number of hydrogen-bond donors (Lipinski definition) is 2. The quantitative estimate of drug-likeness (QED) is 0.562. The van der Waals surface area contributed by atoms with Crippen LogP contribution in [0.3, 0.4) is 0 Å². The number of benzene rings is 2. The first-order valence-corrected chi connectivity index (χ1v) is 7.24. The summed E-state index contributed by atoms with van der Waals surface area (Å²) in [7, 11) is 0. The Morgan fingerprint density at radius 1 is 1.14 bits per heavy atom. The standard InChI is InChI=1S/C16H13BrFN3/c17-13-5-1-4-12(15(13)18)16(21-19)11-6-7-14-10(9-11)3-2-8-20-14/h1-9,16,21H,19H2. The summed E-state index contributed by atoms with van der Waals surface area (Å²) >= 11 is 3.20. The first kappa shape index (κ1) is 14.1. The van der Waals surface area contributed by atoms with Crippen LogP contribution in [0.5, 0.6) is 0 Å². The van der Waals surface area contributed by atoms with Crippen LogP contribution in [0.1, 0.15) is 17.2 Å². The Morgan fingerprint density at radius 3 is 2.81 bits per heavy atom. The lowest BCUT2D eigenvalue weighted by Crippen LogP contribution is -2.29. The number of nitrogens with one attached hydrogen (secondary N) is 1. The summed E-state index contributed by atoms with van der Waals surface area (Å²) in [6.07, 6.45) is 1.74. The first-order chi connectivity index (χ1) is 10.2. The minimum absolute atomic E-state index is 0.313. The molecule has 0 aliphatic rings. The van der Waals surface area contributed by atoms with Crippen molar-refractivity contribution in [2.45, 2.75) is 6.04 Å². The second kappa shape index (κ2) is 5.89. The molecule has 0 aliphatic carbocycles. The van der Waals surface area contributed by atoms with E-state index in [1.807, 2.05) is 30.3 Å². The predicted octanol–water partition coefficient (Wildman–Crippen LogP) is 3.69. The monoisotopic (exact) mass is 345 g/mol. The third-order valence-corrected chi connectivity index (χ3v) is 4.03. The minimum atomic E-state index is -0.424. The zero-order valence-corrected chi connectivity index (χ0v) is 12.6. The molecule has 0 fully saturated rings. The van der Waals surface area contributed by atoms with E-state index in [2.05, 4.69) is 26.3 Å². The molecule has 0 saturated carbocycles. The van der Waals surface area contributed by atoms with E-state index in [4.69, 9.17) is 5.84 Å². The molecule has 106 valence electrons. The van der Waals surface area contributed by atoms with E-state index in [1.54, 1.807) is 24.4 Å². The molecular weight excluding hydrogens is 333 g/mol. The van der Waals surface area contributed by atoms with Gasteiger partial charge in [0.2, 0.25) is 0 Å². The summed E-state index contributed by atoms with van der Waals surface area (Å²) in [4.78, 5) is 4.28. The summed E-state index contributed by atoms with van der Waals surface area (Å²) in [5.41, 5.74) is 4.96. The number of hydrazine groups is 1. The highest BCUT2D eigenvalue weighted by Gasteiger charge is 2.18. The Hall–Kier alpha value is -1.82. The first-order valence-electron chi connectivity index (χ1n) is 6.45. The largest absolute Gasteiger partial charge is 0.271 e. The molecule has 0 radical (unpaired) electrons. The van der Waals surface area contributed by atoms with Crippen LogP contribution >= 0.6 is 15.9 Å². The van der Waals surface area contributed by atoms with Crippen molar-refractivity contribution in [1.29, 1.82) is 0 Å². The summed E-state index contributed by atoms with van der Waals surface area (Å²) in [6.45, 7) is 0. The van der Waals surface area contributed by atoms with Crippen LogP contribution in [0.4, 0.5) is 4.39 Å². The Bertz CT molecular complexity index is 791. The molecule has 0 bridgehead atoms. The van der Waals surface area contributed by atoms with Gasteiger partial charge >= 0.3 is 0 Å². The zero-order chi connectivity index (χ0) is 14.8. The van der Waals surface area contributed by atoms with Gasteiger partial charge < -0.3 is 0 Å². The van der Waals surface area contributed by atoms with E-state index in [0.717, 1.165) is 16.5 Å². The summed E-state index contributed by atoms with van der Waals surface area (Å²) in [5.74, 6) is 5.34. The fourth-order valence-corrected chi connectivity index (χ4v) is 2.76. The summed E-state index contributed by atoms with van der Waals surface area (Å²) in [5, 5.41) is 0.991. The van der Waals surface area contributed by atoms with Crippen LogP contribution in [0.25, 0.3) is 10.9 Å². The van der Waals surface area contributed by atoms with Gasteiger partial charge in [0.1, 0.15) is 5.82 Å². The Balaban J connectivity index is 2.11. The van der Waals surface area contributed by atoms with Gasteiger partial charge in [-0.15, -0.1) is 0 Å². The van der Waals surface area contributed by atoms with Crippen molar-refractivity contribution in [2.24, 2.45) is 5.84 Å². The highest BCUT2D eigenvalue weighted by molar-refractivity contribution is 9.10. The lowest BCUT2D eigenvalue weighted by molar-refractivity contribution is 0.556. The lowest BCUT2D eigenvalue weighted by atomic mass is 9.97. The Morgan fingerprint density at radius 2 is 2.00 bits per heavy atom. The molecule has 3 rings (SSSR count). The minimum Gasteiger partial charge on any atom is -0.271 e. The van der Waals surface area contributed by atoms with Gasteiger partial charge in [-0.05, 0) is 45.8 Å². The Labute approximate surface area is 130 Å². The molecule has 3 N–H and O–H groups in total. The van der Waals surface area contributed by atoms with Gasteiger partial charge in [0.05, 0.1) is 16.0 Å². The van der Waals surface area contributed by atoms with Crippen molar-refractivity contribution in [3.05, 3.63) is 76.1 Å². The number of halogens is 2. The van der Waals surface area contributed by atoms with Crippen molar-refractivity contribution < 1.29 is 4.39 Å². The molecule has 1 aromatic heterocycles. The third kappa shape index (κ3) is 2.68. The van der Waals surface area contributed by atoms with Crippen molar-refractivity contribution in [1.82, 2.24) is 10.4 Å². The fraction of sp³-hybridized carbons (Fsp3) is 0.0625. The molecular formula is C16H13BrFN3. The van der Waals surface area contributed by atoms with E-state index in [0.29, 0.717) is 10.0 Å². The van der Waals surface area contributed by atoms with E-state index >= 15 is 0 Å². The summed E-state index contributed by atoms with van der Waals surface area (Å²) < 4.78 is 14.7. The average Bonchev–Trinajstić information content (AvgIpc) is 2.52. The van der Waals surface area contributed by atoms with Crippen molar-refractivity contribution in [2.75, 3.05) is 0 Å². The molecule has 0 saturated heterocycles. The topological polar surface area (TPSA) is 50.9 Å². The van der Waals surface area contributed by atoms with Gasteiger partial charge in [-0.1, -0.05) is 24.3 Å². The predicted molar refractivity (Wildman–Crippen MR) is 85.0 cm³/mol. The maximum Gasteiger partial charge on any atom is 0.142 e. The SMILES string of the molecule is NNC(c1ccc2ncccc2c1)c1cccc(Br)c1F. The van der Waals surface area contributed by atoms with Gasteiger partial charge in [0.15, 0.2) is 0 Å². The Kier molecular flexibility index (Phi) is 3.96. The van der Waals surface area contributed by atoms with Crippen LogP contribution in [-0.4, -0.2) is 4.98 Å². The normalized spacial score (nSPS) is 12.5. The van der Waals surface area contributed by atoms with E-state index < -0.39 is 6.04 Å². The molecule has 1 unspecified atom stereocenters. The number of pyridine rings is 1. The molecule has 2 aromatic carbocycles. The van der Waals surface area contributed by atoms with Crippen molar-refractivity contribution in [3.63, 3.8) is 0 Å². The molecule has 0 aliphatic heterocycles. The van der Waals surface area contributed by atoms with Gasteiger partial charge in [-0.25, -0.2) is 9.82 Å². The zero-order valence-electron chi connectivity index (χ0n) is 11.1. The smallest absolute Gasteiger partial charge is 0.142 e. The molecule has 1 heterocycles. The summed E-state index contributed by atoms with van der Waals surface area (Å²) in [6, 6.07) is 14.4. The van der Waals surface area contributed by atoms with Gasteiger partial charge in [-0.2, -0.15) is 0 Å². The van der Waals surface area contributed by atoms with Crippen LogP contribution in [0, 0.1) is 5.82 Å². The van der Waals surface area contributed by atoms with E-state index in [-0.39, 0.29) is 5.82 Å².